The van der Waals surface area contributed by atoms with Crippen molar-refractivity contribution in [3.8, 4) is 11.6 Å². The Balaban J connectivity index is 1.79. The van der Waals surface area contributed by atoms with E-state index in [2.05, 4.69) is 20.4 Å². The van der Waals surface area contributed by atoms with E-state index in [-0.39, 0.29) is 11.6 Å². The maximum Gasteiger partial charge on any atom is 0.433 e. The Morgan fingerprint density at radius 1 is 1.29 bits per heavy atom. The van der Waals surface area contributed by atoms with E-state index in [9.17, 15) is 10.1 Å². The molecule has 3 rings (SSSR count). The zero-order valence-electron chi connectivity index (χ0n) is 13.7. The topological polar surface area (TPSA) is 101 Å². The predicted octanol–water partition coefficient (Wildman–Crippen LogP) is 2.61. The number of nitro groups is 1. The molecule has 24 heavy (non-hydrogen) atoms. The van der Waals surface area contributed by atoms with E-state index >= 15 is 0 Å². The Labute approximate surface area is 139 Å². The summed E-state index contributed by atoms with van der Waals surface area (Å²) in [6.07, 6.45) is 3.62. The zero-order valence-corrected chi connectivity index (χ0v) is 13.7. The van der Waals surface area contributed by atoms with Crippen LogP contribution in [0.1, 0.15) is 25.0 Å². The third-order valence-electron chi connectivity index (χ3n) is 3.88. The van der Waals surface area contributed by atoms with Gasteiger partial charge in [-0.15, -0.1) is 0 Å². The standard InChI is InChI=1S/C15H20N6O3/c1-11-10-13(18-19(2)20-8-4-3-5-9-20)17-15(16-11)12-6-7-14(24-12)21(22)23/h6-7,10H,3-5,8-9H2,1-2H3,(H,16,17,18). The molecule has 0 unspecified atom stereocenters. The Morgan fingerprint density at radius 3 is 2.71 bits per heavy atom. The fourth-order valence-corrected chi connectivity index (χ4v) is 2.70. The van der Waals surface area contributed by atoms with E-state index in [0.29, 0.717) is 11.6 Å². The summed E-state index contributed by atoms with van der Waals surface area (Å²) in [7, 11) is 1.94. The SMILES string of the molecule is Cc1cc(NN(C)N2CCCCC2)nc(-c2ccc([N+](=O)[O-])o2)n1. The molecule has 128 valence electrons. The van der Waals surface area contributed by atoms with Crippen LogP contribution in [0.25, 0.3) is 11.6 Å². The third kappa shape index (κ3) is 3.69. The molecule has 9 heteroatoms. The molecule has 0 aliphatic carbocycles. The first-order chi connectivity index (χ1) is 11.5. The third-order valence-corrected chi connectivity index (χ3v) is 3.88. The minimum Gasteiger partial charge on any atom is -0.397 e. The number of piperidine rings is 1. The summed E-state index contributed by atoms with van der Waals surface area (Å²) in [5, 5.41) is 14.9. The first kappa shape index (κ1) is 16.3. The van der Waals surface area contributed by atoms with Crippen molar-refractivity contribution in [3.63, 3.8) is 0 Å². The summed E-state index contributed by atoms with van der Waals surface area (Å²) < 4.78 is 5.19. The van der Waals surface area contributed by atoms with Crippen molar-refractivity contribution in [2.45, 2.75) is 26.2 Å². The Morgan fingerprint density at radius 2 is 2.04 bits per heavy atom. The highest BCUT2D eigenvalue weighted by molar-refractivity contribution is 5.52. The Hall–Kier alpha value is -2.52. The van der Waals surface area contributed by atoms with Crippen LogP contribution in [0.4, 0.5) is 11.7 Å². The van der Waals surface area contributed by atoms with Gasteiger partial charge in [0.1, 0.15) is 10.7 Å². The summed E-state index contributed by atoms with van der Waals surface area (Å²) in [6, 6.07) is 4.63. The van der Waals surface area contributed by atoms with Gasteiger partial charge in [0.05, 0.1) is 6.07 Å². The second-order valence-corrected chi connectivity index (χ2v) is 5.76. The first-order valence-electron chi connectivity index (χ1n) is 7.88. The molecule has 1 aliphatic rings. The van der Waals surface area contributed by atoms with Gasteiger partial charge >= 0.3 is 5.88 Å². The number of hydrogen-bond acceptors (Lipinski definition) is 8. The van der Waals surface area contributed by atoms with Gasteiger partial charge in [-0.1, -0.05) is 6.42 Å². The highest BCUT2D eigenvalue weighted by atomic mass is 16.6. The average Bonchev–Trinajstić information content (AvgIpc) is 3.05. The maximum absolute atomic E-state index is 10.7. The molecule has 0 bridgehead atoms. The smallest absolute Gasteiger partial charge is 0.397 e. The van der Waals surface area contributed by atoms with Crippen molar-refractivity contribution in [1.29, 1.82) is 0 Å². The molecular formula is C15H20N6O3. The number of anilines is 1. The van der Waals surface area contributed by atoms with Crippen LogP contribution in [-0.4, -0.2) is 45.2 Å². The normalized spacial score (nSPS) is 15.6. The Bertz CT molecular complexity index is 726. The van der Waals surface area contributed by atoms with Crippen LogP contribution in [0, 0.1) is 17.0 Å². The number of nitrogens with zero attached hydrogens (tertiary/aromatic N) is 5. The summed E-state index contributed by atoms with van der Waals surface area (Å²) in [4.78, 5) is 18.9. The minimum atomic E-state index is -0.581. The number of nitrogens with one attached hydrogen (secondary N) is 1. The van der Waals surface area contributed by atoms with E-state index in [1.165, 1.54) is 31.4 Å². The molecule has 1 fully saturated rings. The van der Waals surface area contributed by atoms with Crippen LogP contribution in [0.5, 0.6) is 0 Å². The van der Waals surface area contributed by atoms with Crippen LogP contribution in [-0.2, 0) is 0 Å². The lowest BCUT2D eigenvalue weighted by Crippen LogP contribution is -2.46. The fraction of sp³-hybridized carbons (Fsp3) is 0.467. The summed E-state index contributed by atoms with van der Waals surface area (Å²) in [5.41, 5.74) is 3.97. The van der Waals surface area contributed by atoms with Crippen LogP contribution in [0.15, 0.2) is 22.6 Å². The number of furan rings is 1. The summed E-state index contributed by atoms with van der Waals surface area (Å²) >= 11 is 0. The number of hydrogen-bond donors (Lipinski definition) is 1. The van der Waals surface area contributed by atoms with Crippen molar-refractivity contribution in [1.82, 2.24) is 20.1 Å². The van der Waals surface area contributed by atoms with Gasteiger partial charge in [-0.05, 0) is 25.8 Å². The van der Waals surface area contributed by atoms with Crippen LogP contribution >= 0.6 is 0 Å². The van der Waals surface area contributed by atoms with Gasteiger partial charge < -0.3 is 4.42 Å². The van der Waals surface area contributed by atoms with Gasteiger partial charge in [0.25, 0.3) is 0 Å². The first-order valence-corrected chi connectivity index (χ1v) is 7.88. The quantitative estimate of drug-likeness (QED) is 0.658. The molecule has 1 aliphatic heterocycles. The molecule has 0 spiro atoms. The number of aromatic nitrogens is 2. The van der Waals surface area contributed by atoms with Crippen LogP contribution < -0.4 is 5.43 Å². The molecule has 1 saturated heterocycles. The van der Waals surface area contributed by atoms with E-state index in [4.69, 9.17) is 4.42 Å². The van der Waals surface area contributed by atoms with E-state index in [0.717, 1.165) is 18.8 Å². The Kier molecular flexibility index (Phi) is 4.72. The summed E-state index contributed by atoms with van der Waals surface area (Å²) in [5.74, 6) is 0.881. The van der Waals surface area contributed by atoms with Gasteiger partial charge in [-0.25, -0.2) is 15.0 Å². The van der Waals surface area contributed by atoms with Gasteiger partial charge in [-0.2, -0.15) is 5.12 Å². The molecule has 3 heterocycles. The molecular weight excluding hydrogens is 312 g/mol. The highest BCUT2D eigenvalue weighted by Crippen LogP contribution is 2.24. The maximum atomic E-state index is 10.7. The van der Waals surface area contributed by atoms with Gasteiger partial charge in [-0.3, -0.25) is 15.5 Å². The molecule has 0 amide bonds. The van der Waals surface area contributed by atoms with Crippen LogP contribution in [0.3, 0.4) is 0 Å². The van der Waals surface area contributed by atoms with Crippen molar-refractivity contribution >= 4 is 11.7 Å². The van der Waals surface area contributed by atoms with Gasteiger partial charge in [0, 0.05) is 31.9 Å². The lowest BCUT2D eigenvalue weighted by atomic mass is 10.2. The molecule has 0 radical (unpaired) electrons. The second kappa shape index (κ2) is 6.93. The molecule has 9 nitrogen and oxygen atoms in total. The van der Waals surface area contributed by atoms with Crippen molar-refractivity contribution in [2.75, 3.05) is 25.6 Å². The van der Waals surface area contributed by atoms with Crippen molar-refractivity contribution in [2.24, 2.45) is 0 Å². The highest BCUT2D eigenvalue weighted by Gasteiger charge is 2.18. The van der Waals surface area contributed by atoms with Crippen LogP contribution in [0.2, 0.25) is 0 Å². The van der Waals surface area contributed by atoms with Crippen molar-refractivity contribution in [3.05, 3.63) is 34.0 Å². The zero-order chi connectivity index (χ0) is 17.1. The fourth-order valence-electron chi connectivity index (χ4n) is 2.70. The number of aryl methyl sites for hydroxylation is 1. The molecule has 2 aromatic rings. The summed E-state index contributed by atoms with van der Waals surface area (Å²) in [6.45, 7) is 3.85. The molecule has 0 atom stereocenters. The molecule has 1 N–H and O–H groups in total. The molecule has 0 aromatic carbocycles. The van der Waals surface area contributed by atoms with E-state index in [1.807, 2.05) is 25.2 Å². The van der Waals surface area contributed by atoms with Gasteiger partial charge in [0.15, 0.2) is 11.6 Å². The number of rotatable bonds is 5. The second-order valence-electron chi connectivity index (χ2n) is 5.76. The predicted molar refractivity (Wildman–Crippen MR) is 87.9 cm³/mol. The monoisotopic (exact) mass is 332 g/mol. The largest absolute Gasteiger partial charge is 0.433 e. The van der Waals surface area contributed by atoms with Crippen molar-refractivity contribution < 1.29 is 9.34 Å². The lowest BCUT2D eigenvalue weighted by Gasteiger charge is -2.34. The van der Waals surface area contributed by atoms with E-state index < -0.39 is 4.92 Å². The number of hydrazine groups is 2. The average molecular weight is 332 g/mol. The van der Waals surface area contributed by atoms with E-state index in [1.54, 1.807) is 0 Å². The minimum absolute atomic E-state index is 0.272. The lowest BCUT2D eigenvalue weighted by molar-refractivity contribution is -0.401. The molecule has 0 saturated carbocycles. The van der Waals surface area contributed by atoms with Gasteiger partial charge in [0.2, 0.25) is 0 Å². The molecule has 2 aromatic heterocycles.